The molecule has 0 aliphatic heterocycles. The van der Waals surface area contributed by atoms with Gasteiger partial charge >= 0.3 is 0 Å². The van der Waals surface area contributed by atoms with E-state index in [2.05, 4.69) is 28.8 Å². The Morgan fingerprint density at radius 2 is 1.33 bits per heavy atom. The van der Waals surface area contributed by atoms with Crippen molar-refractivity contribution in [3.05, 3.63) is 114 Å². The summed E-state index contributed by atoms with van der Waals surface area (Å²) < 4.78 is 2.13. The van der Waals surface area contributed by atoms with Gasteiger partial charge in [0.25, 0.3) is 5.91 Å². The SMILES string of the molecule is O=C(c1ccccc1)N(CC(O)Cn1c2ccccc2c2ccccc21)c1ccc(Cl)cc1. The number of aliphatic hydroxyl groups is 1. The molecule has 0 fully saturated rings. The summed E-state index contributed by atoms with van der Waals surface area (Å²) in [6.45, 7) is 0.510. The molecule has 0 saturated heterocycles. The van der Waals surface area contributed by atoms with Crippen molar-refractivity contribution in [1.82, 2.24) is 4.57 Å². The Hall–Kier alpha value is -3.60. The molecule has 1 N–H and O–H groups in total. The Bertz CT molecular complexity index is 1360. The number of nitrogens with zero attached hydrogens (tertiary/aromatic N) is 2. The molecule has 164 valence electrons. The monoisotopic (exact) mass is 454 g/mol. The number of aromatic nitrogens is 1. The van der Waals surface area contributed by atoms with Gasteiger partial charge in [0.2, 0.25) is 0 Å². The van der Waals surface area contributed by atoms with Crippen molar-refractivity contribution < 1.29 is 9.90 Å². The number of para-hydroxylation sites is 2. The summed E-state index contributed by atoms with van der Waals surface area (Å²) in [5.41, 5.74) is 3.38. The Morgan fingerprint density at radius 3 is 1.94 bits per heavy atom. The molecule has 4 aromatic carbocycles. The van der Waals surface area contributed by atoms with Crippen LogP contribution in [0.2, 0.25) is 5.02 Å². The second-order valence-corrected chi connectivity index (χ2v) is 8.49. The first-order valence-electron chi connectivity index (χ1n) is 10.9. The third-order valence-corrected chi connectivity index (χ3v) is 6.12. The molecule has 5 rings (SSSR count). The molecule has 5 heteroatoms. The number of anilines is 1. The summed E-state index contributed by atoms with van der Waals surface area (Å²) in [4.78, 5) is 15.0. The van der Waals surface area contributed by atoms with Crippen LogP contribution in [0, 0.1) is 0 Å². The van der Waals surface area contributed by atoms with Crippen molar-refractivity contribution in [2.75, 3.05) is 11.4 Å². The van der Waals surface area contributed by atoms with Gasteiger partial charge in [-0.2, -0.15) is 0 Å². The summed E-state index contributed by atoms with van der Waals surface area (Å²) in [5, 5.41) is 14.1. The standard InChI is InChI=1S/C28H23ClN2O2/c29-21-14-16-22(17-15-21)30(28(33)20-8-2-1-3-9-20)18-23(32)19-31-26-12-6-4-10-24(26)25-11-5-7-13-27(25)31/h1-17,23,32H,18-19H2. The zero-order valence-corrected chi connectivity index (χ0v) is 18.7. The van der Waals surface area contributed by atoms with Crippen LogP contribution in [-0.4, -0.2) is 28.2 Å². The number of fused-ring (bicyclic) bond motifs is 3. The molecule has 4 nitrogen and oxygen atoms in total. The summed E-state index contributed by atoms with van der Waals surface area (Å²) in [6, 6.07) is 32.6. The van der Waals surface area contributed by atoms with E-state index in [-0.39, 0.29) is 12.5 Å². The molecule has 0 bridgehead atoms. The lowest BCUT2D eigenvalue weighted by atomic mass is 10.1. The lowest BCUT2D eigenvalue weighted by Gasteiger charge is -2.26. The van der Waals surface area contributed by atoms with Crippen LogP contribution in [0.25, 0.3) is 21.8 Å². The number of carbonyl (C=O) groups is 1. The van der Waals surface area contributed by atoms with E-state index in [4.69, 9.17) is 11.6 Å². The van der Waals surface area contributed by atoms with E-state index >= 15 is 0 Å². The van der Waals surface area contributed by atoms with Crippen LogP contribution in [0.15, 0.2) is 103 Å². The third-order valence-electron chi connectivity index (χ3n) is 5.87. The lowest BCUT2D eigenvalue weighted by molar-refractivity contribution is 0.0955. The van der Waals surface area contributed by atoms with Gasteiger partial charge in [-0.3, -0.25) is 4.79 Å². The number of amides is 1. The summed E-state index contributed by atoms with van der Waals surface area (Å²) in [6.07, 6.45) is -0.785. The van der Waals surface area contributed by atoms with Crippen molar-refractivity contribution in [3.8, 4) is 0 Å². The van der Waals surface area contributed by atoms with E-state index in [1.807, 2.05) is 42.5 Å². The summed E-state index contributed by atoms with van der Waals surface area (Å²) in [5.74, 6) is -0.167. The molecule has 0 radical (unpaired) electrons. The summed E-state index contributed by atoms with van der Waals surface area (Å²) in [7, 11) is 0. The van der Waals surface area contributed by atoms with Crippen molar-refractivity contribution in [3.63, 3.8) is 0 Å². The van der Waals surface area contributed by atoms with Gasteiger partial charge in [0.05, 0.1) is 19.2 Å². The van der Waals surface area contributed by atoms with E-state index < -0.39 is 6.10 Å². The topological polar surface area (TPSA) is 45.5 Å². The van der Waals surface area contributed by atoms with E-state index in [0.717, 1.165) is 21.8 Å². The number of aliphatic hydroxyl groups excluding tert-OH is 1. The Kier molecular flexibility index (Phi) is 5.86. The van der Waals surface area contributed by atoms with Crippen LogP contribution >= 0.6 is 11.6 Å². The largest absolute Gasteiger partial charge is 0.389 e. The van der Waals surface area contributed by atoms with E-state index in [1.54, 1.807) is 41.3 Å². The van der Waals surface area contributed by atoms with E-state index in [9.17, 15) is 9.90 Å². The summed E-state index contributed by atoms with van der Waals surface area (Å²) >= 11 is 6.07. The molecule has 5 aromatic rings. The van der Waals surface area contributed by atoms with Gasteiger partial charge in [0.1, 0.15) is 0 Å². The minimum absolute atomic E-state index is 0.149. The molecule has 0 aliphatic carbocycles. The Morgan fingerprint density at radius 1 is 0.788 bits per heavy atom. The Labute approximate surface area is 197 Å². The fourth-order valence-electron chi connectivity index (χ4n) is 4.34. The fourth-order valence-corrected chi connectivity index (χ4v) is 4.47. The zero-order valence-electron chi connectivity index (χ0n) is 17.9. The minimum Gasteiger partial charge on any atom is -0.389 e. The zero-order chi connectivity index (χ0) is 22.8. The highest BCUT2D eigenvalue weighted by Crippen LogP contribution is 2.29. The molecule has 1 atom stereocenters. The molecule has 1 amide bonds. The number of hydrogen-bond acceptors (Lipinski definition) is 2. The quantitative estimate of drug-likeness (QED) is 0.334. The molecule has 33 heavy (non-hydrogen) atoms. The van der Waals surface area contributed by atoms with Gasteiger partial charge < -0.3 is 14.6 Å². The highest BCUT2D eigenvalue weighted by molar-refractivity contribution is 6.30. The van der Waals surface area contributed by atoms with Crippen molar-refractivity contribution in [2.24, 2.45) is 0 Å². The first kappa shape index (κ1) is 21.3. The number of carbonyl (C=O) groups excluding carboxylic acids is 1. The highest BCUT2D eigenvalue weighted by atomic mass is 35.5. The smallest absolute Gasteiger partial charge is 0.258 e. The maximum Gasteiger partial charge on any atom is 0.258 e. The van der Waals surface area contributed by atoms with Crippen LogP contribution in [0.5, 0.6) is 0 Å². The van der Waals surface area contributed by atoms with E-state index in [0.29, 0.717) is 22.8 Å². The maximum absolute atomic E-state index is 13.4. The van der Waals surface area contributed by atoms with Crippen molar-refractivity contribution in [2.45, 2.75) is 12.6 Å². The molecule has 0 spiro atoms. The second-order valence-electron chi connectivity index (χ2n) is 8.06. The highest BCUT2D eigenvalue weighted by Gasteiger charge is 2.22. The normalized spacial score (nSPS) is 12.2. The minimum atomic E-state index is -0.785. The number of halogens is 1. The van der Waals surface area contributed by atoms with Gasteiger partial charge in [-0.25, -0.2) is 0 Å². The van der Waals surface area contributed by atoms with Gasteiger partial charge in [0.15, 0.2) is 0 Å². The van der Waals surface area contributed by atoms with Gasteiger partial charge in [-0.1, -0.05) is 66.2 Å². The average molecular weight is 455 g/mol. The van der Waals surface area contributed by atoms with E-state index in [1.165, 1.54) is 0 Å². The molecular formula is C28H23ClN2O2. The maximum atomic E-state index is 13.4. The Balaban J connectivity index is 1.48. The predicted octanol–water partition coefficient (Wildman–Crippen LogP) is 6.16. The number of benzene rings is 4. The van der Waals surface area contributed by atoms with Gasteiger partial charge in [0, 0.05) is 38.1 Å². The average Bonchev–Trinajstić information content (AvgIpc) is 3.17. The molecule has 1 unspecified atom stereocenters. The predicted molar refractivity (Wildman–Crippen MR) is 135 cm³/mol. The third kappa shape index (κ3) is 4.23. The molecular weight excluding hydrogens is 432 g/mol. The number of rotatable bonds is 6. The van der Waals surface area contributed by atoms with Crippen molar-refractivity contribution in [1.29, 1.82) is 0 Å². The first-order valence-corrected chi connectivity index (χ1v) is 11.3. The number of hydrogen-bond donors (Lipinski definition) is 1. The second kappa shape index (κ2) is 9.10. The first-order chi connectivity index (χ1) is 16.1. The van der Waals surface area contributed by atoms with Crippen molar-refractivity contribution >= 4 is 45.0 Å². The molecule has 1 aromatic heterocycles. The molecule has 1 heterocycles. The molecule has 0 saturated carbocycles. The van der Waals surface area contributed by atoms with Gasteiger partial charge in [-0.15, -0.1) is 0 Å². The van der Waals surface area contributed by atoms with Crippen LogP contribution in [0.4, 0.5) is 5.69 Å². The van der Waals surface area contributed by atoms with Crippen LogP contribution in [-0.2, 0) is 6.54 Å². The van der Waals surface area contributed by atoms with Crippen LogP contribution < -0.4 is 4.90 Å². The van der Waals surface area contributed by atoms with Crippen LogP contribution in [0.3, 0.4) is 0 Å². The van der Waals surface area contributed by atoms with Gasteiger partial charge in [-0.05, 0) is 48.5 Å². The lowest BCUT2D eigenvalue weighted by Crippen LogP contribution is -2.39. The fraction of sp³-hybridized carbons (Fsp3) is 0.107. The molecule has 0 aliphatic rings. The van der Waals surface area contributed by atoms with Crippen LogP contribution in [0.1, 0.15) is 10.4 Å².